The smallest absolute Gasteiger partial charge is 0.410 e. The number of carbonyl (C=O) groups excluding carboxylic acids is 1. The number of carbonyl (C=O) groups is 1. The molecule has 1 fully saturated rings. The molecule has 1 aliphatic heterocycles. The second kappa shape index (κ2) is 11.4. The first-order valence-electron chi connectivity index (χ1n) is 10.9. The lowest BCUT2D eigenvalue weighted by molar-refractivity contribution is 0.0728. The van der Waals surface area contributed by atoms with E-state index < -0.39 is 12.2 Å². The van der Waals surface area contributed by atoms with Crippen LogP contribution in [0.5, 0.6) is 0 Å². The van der Waals surface area contributed by atoms with Crippen molar-refractivity contribution in [2.75, 3.05) is 13.1 Å². The summed E-state index contributed by atoms with van der Waals surface area (Å²) in [6.07, 6.45) is -1.19. The van der Waals surface area contributed by atoms with Crippen LogP contribution in [-0.4, -0.2) is 46.2 Å². The molecule has 0 bridgehead atoms. The van der Waals surface area contributed by atoms with Gasteiger partial charge in [0.25, 0.3) is 0 Å². The van der Waals surface area contributed by atoms with Crippen LogP contribution in [0.1, 0.15) is 16.7 Å². The van der Waals surface area contributed by atoms with Gasteiger partial charge in [0.15, 0.2) is 0 Å². The highest BCUT2D eigenvalue weighted by molar-refractivity contribution is 6.35. The first-order valence-corrected chi connectivity index (χ1v) is 12.1. The van der Waals surface area contributed by atoms with Crippen LogP contribution >= 0.6 is 34.8 Å². The second-order valence-corrected chi connectivity index (χ2v) is 9.63. The van der Waals surface area contributed by atoms with Crippen molar-refractivity contribution in [2.45, 2.75) is 31.8 Å². The van der Waals surface area contributed by atoms with Gasteiger partial charge in [0.2, 0.25) is 0 Å². The molecule has 1 saturated heterocycles. The van der Waals surface area contributed by atoms with E-state index >= 15 is 0 Å². The summed E-state index contributed by atoms with van der Waals surface area (Å²) < 4.78 is 5.48. The van der Waals surface area contributed by atoms with Gasteiger partial charge in [0.05, 0.1) is 18.7 Å². The maximum absolute atomic E-state index is 12.7. The first kappa shape index (κ1) is 24.8. The zero-order valence-corrected chi connectivity index (χ0v) is 20.7. The molecule has 0 saturated carbocycles. The first-order chi connectivity index (χ1) is 16.4. The Bertz CT molecular complexity index is 1130. The van der Waals surface area contributed by atoms with Crippen LogP contribution in [-0.2, 0) is 24.4 Å². The third-order valence-corrected chi connectivity index (χ3v) is 6.68. The number of β-amino-alcohol motifs (C(OH)–C–C–N with tert-alkyl or cyclic N) is 1. The number of benzene rings is 3. The lowest BCUT2D eigenvalue weighted by Crippen LogP contribution is -2.42. The van der Waals surface area contributed by atoms with Crippen LogP contribution in [0, 0.1) is 0 Å². The number of aliphatic hydroxyl groups is 1. The van der Waals surface area contributed by atoms with Gasteiger partial charge in [-0.1, -0.05) is 83.3 Å². The normalized spacial score (nSPS) is 17.9. The summed E-state index contributed by atoms with van der Waals surface area (Å²) in [5, 5.41) is 12.7. The molecule has 1 N–H and O–H groups in total. The summed E-state index contributed by atoms with van der Waals surface area (Å²) in [6, 6.07) is 22.2. The molecule has 1 amide bonds. The Kier molecular flexibility index (Phi) is 8.35. The molecule has 2 atom stereocenters. The van der Waals surface area contributed by atoms with Gasteiger partial charge in [-0.3, -0.25) is 4.90 Å². The molecular weight excluding hydrogens is 495 g/mol. The standard InChI is InChI=1S/C26H25Cl3N2O3/c27-21-8-4-7-19(11-21)13-30(14-20-9-10-22(28)12-23(20)29)24-15-31(16-25(24)32)26(33)34-17-18-5-2-1-3-6-18/h1-12,24-25,32H,13-17H2/t24-,25-/m1/s1. The summed E-state index contributed by atoms with van der Waals surface area (Å²) in [5.74, 6) is 0. The number of rotatable bonds is 7. The van der Waals surface area contributed by atoms with Crippen molar-refractivity contribution in [3.63, 3.8) is 0 Å². The number of hydrogen-bond acceptors (Lipinski definition) is 4. The minimum Gasteiger partial charge on any atom is -0.445 e. The summed E-state index contributed by atoms with van der Waals surface area (Å²) in [6.45, 7) is 1.70. The topological polar surface area (TPSA) is 53.0 Å². The van der Waals surface area contributed by atoms with Crippen LogP contribution in [0.15, 0.2) is 72.8 Å². The fraction of sp³-hybridized carbons (Fsp3) is 0.269. The van der Waals surface area contributed by atoms with Gasteiger partial charge in [0, 0.05) is 34.7 Å². The van der Waals surface area contributed by atoms with Gasteiger partial charge in [-0.05, 0) is 41.0 Å². The van der Waals surface area contributed by atoms with E-state index in [0.29, 0.717) is 34.7 Å². The molecule has 1 heterocycles. The van der Waals surface area contributed by atoms with E-state index in [9.17, 15) is 9.90 Å². The Morgan fingerprint density at radius 3 is 2.38 bits per heavy atom. The highest BCUT2D eigenvalue weighted by atomic mass is 35.5. The maximum atomic E-state index is 12.7. The third kappa shape index (κ3) is 6.44. The molecule has 1 aliphatic rings. The minimum atomic E-state index is -0.741. The van der Waals surface area contributed by atoms with Crippen LogP contribution < -0.4 is 0 Å². The molecule has 8 heteroatoms. The van der Waals surface area contributed by atoms with E-state index in [4.69, 9.17) is 39.5 Å². The Balaban J connectivity index is 1.49. The Hall–Kier alpha value is -2.28. The molecular formula is C26H25Cl3N2O3. The molecule has 0 unspecified atom stereocenters. The highest BCUT2D eigenvalue weighted by Gasteiger charge is 2.38. The number of halogens is 3. The molecule has 0 aromatic heterocycles. The van der Waals surface area contributed by atoms with Crippen LogP contribution in [0.2, 0.25) is 15.1 Å². The van der Waals surface area contributed by atoms with E-state index in [1.807, 2.05) is 60.7 Å². The molecule has 4 rings (SSSR count). The van der Waals surface area contributed by atoms with E-state index in [0.717, 1.165) is 16.7 Å². The lowest BCUT2D eigenvalue weighted by atomic mass is 10.1. The zero-order chi connectivity index (χ0) is 24.1. The number of aliphatic hydroxyl groups excluding tert-OH is 1. The van der Waals surface area contributed by atoms with Crippen molar-refractivity contribution < 1.29 is 14.6 Å². The average molecular weight is 520 g/mol. The summed E-state index contributed by atoms with van der Waals surface area (Å²) in [5.41, 5.74) is 2.78. The summed E-state index contributed by atoms with van der Waals surface area (Å²) >= 11 is 18.7. The van der Waals surface area contributed by atoms with Gasteiger partial charge >= 0.3 is 6.09 Å². The summed E-state index contributed by atoms with van der Waals surface area (Å²) in [7, 11) is 0. The van der Waals surface area contributed by atoms with E-state index in [2.05, 4.69) is 4.90 Å². The summed E-state index contributed by atoms with van der Waals surface area (Å²) in [4.78, 5) is 16.4. The number of ether oxygens (including phenoxy) is 1. The van der Waals surface area contributed by atoms with Crippen molar-refractivity contribution in [1.82, 2.24) is 9.80 Å². The van der Waals surface area contributed by atoms with Crippen molar-refractivity contribution in [3.8, 4) is 0 Å². The molecule has 34 heavy (non-hydrogen) atoms. The maximum Gasteiger partial charge on any atom is 0.410 e. The van der Waals surface area contributed by atoms with Gasteiger partial charge in [-0.15, -0.1) is 0 Å². The molecule has 5 nitrogen and oxygen atoms in total. The van der Waals surface area contributed by atoms with Crippen molar-refractivity contribution in [1.29, 1.82) is 0 Å². The lowest BCUT2D eigenvalue weighted by Gasteiger charge is -2.31. The fourth-order valence-electron chi connectivity index (χ4n) is 4.12. The Labute approximate surface area is 214 Å². The highest BCUT2D eigenvalue weighted by Crippen LogP contribution is 2.27. The quantitative estimate of drug-likeness (QED) is 0.414. The average Bonchev–Trinajstić information content (AvgIpc) is 3.21. The fourth-order valence-corrected chi connectivity index (χ4v) is 4.80. The van der Waals surface area contributed by atoms with Gasteiger partial charge < -0.3 is 14.7 Å². The number of hydrogen-bond donors (Lipinski definition) is 1. The molecule has 0 aliphatic carbocycles. The van der Waals surface area contributed by atoms with E-state index in [-0.39, 0.29) is 19.2 Å². The van der Waals surface area contributed by atoms with E-state index in [1.165, 1.54) is 0 Å². The monoisotopic (exact) mass is 518 g/mol. The minimum absolute atomic E-state index is 0.184. The Morgan fingerprint density at radius 1 is 0.912 bits per heavy atom. The zero-order valence-electron chi connectivity index (χ0n) is 18.4. The predicted octanol–water partition coefficient (Wildman–Crippen LogP) is 6.03. The van der Waals surface area contributed by atoms with Crippen LogP contribution in [0.25, 0.3) is 0 Å². The van der Waals surface area contributed by atoms with Gasteiger partial charge in [0.1, 0.15) is 6.61 Å². The second-order valence-electron chi connectivity index (χ2n) is 8.35. The number of nitrogens with zero attached hydrogens (tertiary/aromatic N) is 2. The third-order valence-electron chi connectivity index (χ3n) is 5.85. The molecule has 178 valence electrons. The molecule has 0 radical (unpaired) electrons. The number of likely N-dealkylation sites (tertiary alicyclic amines) is 1. The van der Waals surface area contributed by atoms with Crippen molar-refractivity contribution in [3.05, 3.63) is 105 Å². The SMILES string of the molecule is O=C(OCc1ccccc1)N1C[C@@H](O)[C@H](N(Cc2cccc(Cl)c2)Cc2ccc(Cl)cc2Cl)C1. The van der Waals surface area contributed by atoms with Gasteiger partial charge in [-0.25, -0.2) is 4.79 Å². The van der Waals surface area contributed by atoms with E-state index in [1.54, 1.807) is 17.0 Å². The van der Waals surface area contributed by atoms with Crippen LogP contribution in [0.3, 0.4) is 0 Å². The van der Waals surface area contributed by atoms with Crippen molar-refractivity contribution >= 4 is 40.9 Å². The van der Waals surface area contributed by atoms with Crippen molar-refractivity contribution in [2.24, 2.45) is 0 Å². The van der Waals surface area contributed by atoms with Gasteiger partial charge in [-0.2, -0.15) is 0 Å². The molecule has 3 aromatic carbocycles. The predicted molar refractivity (Wildman–Crippen MR) is 135 cm³/mol. The number of amides is 1. The molecule has 0 spiro atoms. The Morgan fingerprint density at radius 2 is 1.65 bits per heavy atom. The largest absolute Gasteiger partial charge is 0.445 e. The van der Waals surface area contributed by atoms with Crippen LogP contribution in [0.4, 0.5) is 4.79 Å². The molecule has 3 aromatic rings.